The van der Waals surface area contributed by atoms with Crippen LogP contribution in [0, 0.1) is 5.82 Å². The number of ether oxygens (including phenoxy) is 1. The molecule has 2 aromatic carbocycles. The maximum atomic E-state index is 12.9. The van der Waals surface area contributed by atoms with Crippen molar-refractivity contribution in [2.75, 3.05) is 19.7 Å². The molecule has 1 aliphatic rings. The average Bonchev–Trinajstić information content (AvgIpc) is 2.68. The first kappa shape index (κ1) is 18.4. The van der Waals surface area contributed by atoms with E-state index in [0.717, 1.165) is 19.5 Å². The van der Waals surface area contributed by atoms with Crippen molar-refractivity contribution in [3.8, 4) is 5.75 Å². The van der Waals surface area contributed by atoms with Gasteiger partial charge in [0.25, 0.3) is 5.91 Å². The first-order valence-corrected chi connectivity index (χ1v) is 9.14. The molecule has 0 bridgehead atoms. The maximum absolute atomic E-state index is 12.9. The van der Waals surface area contributed by atoms with Gasteiger partial charge in [-0.25, -0.2) is 4.39 Å². The number of carbonyl (C=O) groups excluding carboxylic acids is 1. The molecule has 1 saturated heterocycles. The number of nitrogens with one attached hydrogen (secondary N) is 1. The Morgan fingerprint density at radius 1 is 1.12 bits per heavy atom. The molecule has 0 aliphatic carbocycles. The molecule has 1 amide bonds. The van der Waals surface area contributed by atoms with Crippen molar-refractivity contribution in [2.45, 2.75) is 31.8 Å². The Labute approximate surface area is 154 Å². The van der Waals surface area contributed by atoms with E-state index in [0.29, 0.717) is 18.3 Å². The zero-order valence-electron chi connectivity index (χ0n) is 14.9. The minimum atomic E-state index is -0.322. The van der Waals surface area contributed by atoms with Crippen LogP contribution in [-0.4, -0.2) is 36.5 Å². The largest absolute Gasteiger partial charge is 0.484 e. The van der Waals surface area contributed by atoms with Gasteiger partial charge in [-0.3, -0.25) is 9.69 Å². The average molecular weight is 356 g/mol. The third-order valence-corrected chi connectivity index (χ3v) is 4.70. The summed E-state index contributed by atoms with van der Waals surface area (Å²) in [5, 5.41) is 2.97. The van der Waals surface area contributed by atoms with E-state index in [-0.39, 0.29) is 18.3 Å². The summed E-state index contributed by atoms with van der Waals surface area (Å²) in [5.74, 6) is 0.0158. The van der Waals surface area contributed by atoms with E-state index in [1.54, 1.807) is 0 Å². The van der Waals surface area contributed by atoms with E-state index >= 15 is 0 Å². The van der Waals surface area contributed by atoms with Crippen LogP contribution in [0.5, 0.6) is 5.75 Å². The second kappa shape index (κ2) is 9.34. The summed E-state index contributed by atoms with van der Waals surface area (Å²) in [6.07, 6.45) is 3.48. The van der Waals surface area contributed by atoms with Crippen molar-refractivity contribution in [1.82, 2.24) is 10.2 Å². The molecule has 0 saturated carbocycles. The standard InChI is InChI=1S/C21H25FN2O2/c22-18-9-11-20(12-10-18)26-16-21(25)23-14-19-8-4-5-13-24(19)15-17-6-2-1-3-7-17/h1-3,6-7,9-12,19H,4-5,8,13-16H2,(H,23,25). The fourth-order valence-electron chi connectivity index (χ4n) is 3.28. The van der Waals surface area contributed by atoms with Crippen LogP contribution in [-0.2, 0) is 11.3 Å². The van der Waals surface area contributed by atoms with Crippen LogP contribution >= 0.6 is 0 Å². The number of hydrogen-bond donors (Lipinski definition) is 1. The van der Waals surface area contributed by atoms with Gasteiger partial charge in [-0.15, -0.1) is 0 Å². The summed E-state index contributed by atoms with van der Waals surface area (Å²) in [6, 6.07) is 16.4. The number of hydrogen-bond acceptors (Lipinski definition) is 3. The highest BCUT2D eigenvalue weighted by atomic mass is 19.1. The summed E-state index contributed by atoms with van der Waals surface area (Å²) in [7, 11) is 0. The van der Waals surface area contributed by atoms with E-state index in [1.807, 2.05) is 6.07 Å². The van der Waals surface area contributed by atoms with Gasteiger partial charge in [0.05, 0.1) is 0 Å². The van der Waals surface area contributed by atoms with Crippen molar-refractivity contribution >= 4 is 5.91 Å². The predicted octanol–water partition coefficient (Wildman–Crippen LogP) is 3.38. The topological polar surface area (TPSA) is 41.6 Å². The summed E-state index contributed by atoms with van der Waals surface area (Å²) < 4.78 is 18.3. The number of piperidine rings is 1. The van der Waals surface area contributed by atoms with Gasteiger partial charge in [0.1, 0.15) is 11.6 Å². The molecule has 138 valence electrons. The summed E-state index contributed by atoms with van der Waals surface area (Å²) in [6.45, 7) is 2.53. The molecule has 1 unspecified atom stereocenters. The molecular weight excluding hydrogens is 331 g/mol. The quantitative estimate of drug-likeness (QED) is 0.827. The van der Waals surface area contributed by atoms with Crippen molar-refractivity contribution in [2.24, 2.45) is 0 Å². The molecule has 0 spiro atoms. The van der Waals surface area contributed by atoms with Crippen molar-refractivity contribution < 1.29 is 13.9 Å². The Bertz CT molecular complexity index is 691. The molecule has 0 aromatic heterocycles. The van der Waals surface area contributed by atoms with E-state index < -0.39 is 0 Å². The number of rotatable bonds is 7. The van der Waals surface area contributed by atoms with Crippen LogP contribution in [0.25, 0.3) is 0 Å². The van der Waals surface area contributed by atoms with Crippen molar-refractivity contribution in [3.63, 3.8) is 0 Å². The number of halogens is 1. The van der Waals surface area contributed by atoms with Crippen LogP contribution in [0.15, 0.2) is 54.6 Å². The summed E-state index contributed by atoms with van der Waals surface area (Å²) in [4.78, 5) is 14.5. The van der Waals surface area contributed by atoms with Gasteiger partial charge in [-0.2, -0.15) is 0 Å². The molecule has 4 nitrogen and oxygen atoms in total. The van der Waals surface area contributed by atoms with Crippen LogP contribution in [0.2, 0.25) is 0 Å². The van der Waals surface area contributed by atoms with Gasteiger partial charge >= 0.3 is 0 Å². The van der Waals surface area contributed by atoms with Crippen LogP contribution in [0.1, 0.15) is 24.8 Å². The minimum absolute atomic E-state index is 0.0585. The lowest BCUT2D eigenvalue weighted by Gasteiger charge is -2.35. The van der Waals surface area contributed by atoms with E-state index in [2.05, 4.69) is 34.5 Å². The fraction of sp³-hybridized carbons (Fsp3) is 0.381. The molecule has 1 atom stereocenters. The second-order valence-electron chi connectivity index (χ2n) is 6.65. The molecule has 1 N–H and O–H groups in total. The van der Waals surface area contributed by atoms with Gasteiger partial charge in [-0.05, 0) is 49.2 Å². The first-order valence-electron chi connectivity index (χ1n) is 9.14. The third kappa shape index (κ3) is 5.56. The number of carbonyl (C=O) groups is 1. The second-order valence-corrected chi connectivity index (χ2v) is 6.65. The van der Waals surface area contributed by atoms with E-state index in [1.165, 1.54) is 42.7 Å². The lowest BCUT2D eigenvalue weighted by Crippen LogP contribution is -2.46. The normalized spacial score (nSPS) is 17.7. The molecule has 1 fully saturated rings. The minimum Gasteiger partial charge on any atom is -0.484 e. The lowest BCUT2D eigenvalue weighted by atomic mass is 10.0. The molecule has 5 heteroatoms. The van der Waals surface area contributed by atoms with Crippen molar-refractivity contribution in [3.05, 3.63) is 66.0 Å². The Morgan fingerprint density at radius 3 is 2.65 bits per heavy atom. The lowest BCUT2D eigenvalue weighted by molar-refractivity contribution is -0.123. The van der Waals surface area contributed by atoms with Crippen molar-refractivity contribution in [1.29, 1.82) is 0 Å². The number of likely N-dealkylation sites (tertiary alicyclic amines) is 1. The molecule has 26 heavy (non-hydrogen) atoms. The molecule has 2 aromatic rings. The molecule has 3 rings (SSSR count). The predicted molar refractivity (Wildman–Crippen MR) is 99.4 cm³/mol. The van der Waals surface area contributed by atoms with Gasteiger partial charge < -0.3 is 10.1 Å². The summed E-state index contributed by atoms with van der Waals surface area (Å²) in [5.41, 5.74) is 1.30. The van der Waals surface area contributed by atoms with Crippen LogP contribution in [0.3, 0.4) is 0 Å². The SMILES string of the molecule is O=C(COc1ccc(F)cc1)NCC1CCCCN1Cc1ccccc1. The highest BCUT2D eigenvalue weighted by Crippen LogP contribution is 2.19. The van der Waals surface area contributed by atoms with E-state index in [9.17, 15) is 9.18 Å². The number of nitrogens with zero attached hydrogens (tertiary/aromatic N) is 1. The Morgan fingerprint density at radius 2 is 1.88 bits per heavy atom. The molecular formula is C21H25FN2O2. The first-order chi connectivity index (χ1) is 12.7. The Kier molecular flexibility index (Phi) is 6.61. The van der Waals surface area contributed by atoms with Gasteiger partial charge in [0.2, 0.25) is 0 Å². The summed E-state index contributed by atoms with van der Waals surface area (Å²) >= 11 is 0. The van der Waals surface area contributed by atoms with Crippen LogP contribution < -0.4 is 10.1 Å². The van der Waals surface area contributed by atoms with E-state index in [4.69, 9.17) is 4.74 Å². The monoisotopic (exact) mass is 356 g/mol. The highest BCUT2D eigenvalue weighted by molar-refractivity contribution is 5.77. The maximum Gasteiger partial charge on any atom is 0.257 e. The molecule has 1 heterocycles. The van der Waals surface area contributed by atoms with Gasteiger partial charge in [0, 0.05) is 19.1 Å². The number of amides is 1. The third-order valence-electron chi connectivity index (χ3n) is 4.70. The Hall–Kier alpha value is -2.40. The fourth-order valence-corrected chi connectivity index (χ4v) is 3.28. The Balaban J connectivity index is 1.45. The van der Waals surface area contributed by atoms with Gasteiger partial charge in [0.15, 0.2) is 6.61 Å². The zero-order valence-corrected chi connectivity index (χ0v) is 14.9. The van der Waals surface area contributed by atoms with Gasteiger partial charge in [-0.1, -0.05) is 36.8 Å². The number of benzene rings is 2. The highest BCUT2D eigenvalue weighted by Gasteiger charge is 2.22. The smallest absolute Gasteiger partial charge is 0.257 e. The molecule has 0 radical (unpaired) electrons. The molecule has 1 aliphatic heterocycles. The zero-order chi connectivity index (χ0) is 18.2. The van der Waals surface area contributed by atoms with Crippen LogP contribution in [0.4, 0.5) is 4.39 Å².